The van der Waals surface area contributed by atoms with E-state index in [-0.39, 0.29) is 22.9 Å². The SMILES string of the molecule is CCOc1ccc2nc(SCC(=O)Nc3ccc([O-])c(C(=O)O)c3)[nH]c2c1. The highest BCUT2D eigenvalue weighted by Crippen LogP contribution is 2.24. The van der Waals surface area contributed by atoms with Gasteiger partial charge in [-0.3, -0.25) is 4.79 Å². The number of carbonyl (C=O) groups is 2. The van der Waals surface area contributed by atoms with Crippen molar-refractivity contribution in [3.05, 3.63) is 42.0 Å². The minimum absolute atomic E-state index is 0.0691. The van der Waals surface area contributed by atoms with E-state index < -0.39 is 11.7 Å². The lowest BCUT2D eigenvalue weighted by Gasteiger charge is -2.12. The van der Waals surface area contributed by atoms with E-state index in [0.29, 0.717) is 11.8 Å². The molecule has 0 bridgehead atoms. The van der Waals surface area contributed by atoms with Crippen molar-refractivity contribution in [2.24, 2.45) is 0 Å². The average molecular weight is 386 g/mol. The molecule has 1 amide bonds. The number of nitrogens with zero attached hydrogens (tertiary/aromatic N) is 1. The van der Waals surface area contributed by atoms with Gasteiger partial charge >= 0.3 is 5.97 Å². The Balaban J connectivity index is 1.63. The monoisotopic (exact) mass is 386 g/mol. The molecule has 0 unspecified atom stereocenters. The molecule has 9 heteroatoms. The van der Waals surface area contributed by atoms with Crippen LogP contribution < -0.4 is 15.2 Å². The van der Waals surface area contributed by atoms with Crippen LogP contribution in [0.1, 0.15) is 17.3 Å². The summed E-state index contributed by atoms with van der Waals surface area (Å²) in [6, 6.07) is 9.12. The maximum Gasteiger partial charge on any atom is 0.335 e. The molecule has 27 heavy (non-hydrogen) atoms. The molecule has 2 aromatic carbocycles. The van der Waals surface area contributed by atoms with Crippen LogP contribution in [0.3, 0.4) is 0 Å². The smallest absolute Gasteiger partial charge is 0.335 e. The number of carboxylic acids is 1. The maximum atomic E-state index is 12.1. The third-order valence-electron chi connectivity index (χ3n) is 3.58. The zero-order valence-electron chi connectivity index (χ0n) is 14.3. The predicted octanol–water partition coefficient (Wildman–Crippen LogP) is 2.46. The summed E-state index contributed by atoms with van der Waals surface area (Å²) in [7, 11) is 0. The number of imidazole rings is 1. The second-order valence-corrected chi connectivity index (χ2v) is 6.47. The van der Waals surface area contributed by atoms with E-state index >= 15 is 0 Å². The lowest BCUT2D eigenvalue weighted by Crippen LogP contribution is -2.15. The van der Waals surface area contributed by atoms with E-state index in [9.17, 15) is 14.7 Å². The van der Waals surface area contributed by atoms with E-state index in [0.717, 1.165) is 28.9 Å². The van der Waals surface area contributed by atoms with E-state index in [4.69, 9.17) is 9.84 Å². The molecular formula is C18H16N3O5S-. The van der Waals surface area contributed by atoms with E-state index in [2.05, 4.69) is 15.3 Å². The Labute approximate surface area is 158 Å². The number of fused-ring (bicyclic) bond motifs is 1. The summed E-state index contributed by atoms with van der Waals surface area (Å²) in [5.41, 5.74) is 1.44. The Kier molecular flexibility index (Phi) is 5.51. The summed E-state index contributed by atoms with van der Waals surface area (Å²) in [4.78, 5) is 30.6. The van der Waals surface area contributed by atoms with E-state index in [1.807, 2.05) is 25.1 Å². The van der Waals surface area contributed by atoms with Crippen LogP contribution in [0.25, 0.3) is 11.0 Å². The van der Waals surface area contributed by atoms with Crippen molar-refractivity contribution in [1.82, 2.24) is 9.97 Å². The largest absolute Gasteiger partial charge is 0.872 e. The molecule has 3 rings (SSSR count). The summed E-state index contributed by atoms with van der Waals surface area (Å²) in [6.07, 6.45) is 0. The molecule has 1 heterocycles. The number of anilines is 1. The molecule has 0 radical (unpaired) electrons. The first-order chi connectivity index (χ1) is 13.0. The van der Waals surface area contributed by atoms with Gasteiger partial charge in [-0.1, -0.05) is 23.6 Å². The zero-order valence-corrected chi connectivity index (χ0v) is 15.1. The van der Waals surface area contributed by atoms with Gasteiger partial charge in [-0.2, -0.15) is 0 Å². The standard InChI is InChI=1S/C18H17N3O5S/c1-2-26-11-4-5-13-14(8-11)21-18(20-13)27-9-16(23)19-10-3-6-15(22)12(7-10)17(24)25/h3-8,22H,2,9H2,1H3,(H,19,23)(H,20,21)(H,24,25)/p-1. The number of carboxylic acid groups (broad SMARTS) is 1. The molecule has 3 N–H and O–H groups in total. The molecular weight excluding hydrogens is 370 g/mol. The molecule has 0 spiro atoms. The van der Waals surface area contributed by atoms with Crippen LogP contribution in [0, 0.1) is 0 Å². The third-order valence-corrected chi connectivity index (χ3v) is 4.45. The number of rotatable bonds is 7. The molecule has 0 saturated heterocycles. The van der Waals surface area contributed by atoms with Crippen LogP contribution in [0.15, 0.2) is 41.6 Å². The molecule has 0 aliphatic heterocycles. The fraction of sp³-hybridized carbons (Fsp3) is 0.167. The number of carbonyl (C=O) groups excluding carboxylic acids is 1. The summed E-state index contributed by atoms with van der Waals surface area (Å²) in [5.74, 6) is -1.48. The number of hydrogen-bond donors (Lipinski definition) is 3. The zero-order chi connectivity index (χ0) is 19.4. The van der Waals surface area contributed by atoms with Gasteiger partial charge in [-0.25, -0.2) is 9.78 Å². The fourth-order valence-corrected chi connectivity index (χ4v) is 3.08. The van der Waals surface area contributed by atoms with Crippen molar-refractivity contribution in [2.75, 3.05) is 17.7 Å². The first-order valence-electron chi connectivity index (χ1n) is 8.06. The van der Waals surface area contributed by atoms with Gasteiger partial charge < -0.3 is 25.3 Å². The van der Waals surface area contributed by atoms with Gasteiger partial charge in [-0.05, 0) is 31.2 Å². The highest BCUT2D eigenvalue weighted by molar-refractivity contribution is 7.99. The average Bonchev–Trinajstić information content (AvgIpc) is 3.04. The van der Waals surface area contributed by atoms with Crippen LogP contribution in [0.2, 0.25) is 0 Å². The molecule has 140 valence electrons. The topological polar surface area (TPSA) is 127 Å². The van der Waals surface area contributed by atoms with Crippen LogP contribution in [0.5, 0.6) is 11.5 Å². The summed E-state index contributed by atoms with van der Waals surface area (Å²) in [5, 5.41) is 23.6. The van der Waals surface area contributed by atoms with Crippen molar-refractivity contribution in [3.8, 4) is 11.5 Å². The fourth-order valence-electron chi connectivity index (χ4n) is 2.40. The normalized spacial score (nSPS) is 10.7. The second kappa shape index (κ2) is 8.00. The van der Waals surface area contributed by atoms with Gasteiger partial charge in [0.25, 0.3) is 0 Å². The number of aromatic amines is 1. The van der Waals surface area contributed by atoms with Crippen molar-refractivity contribution in [2.45, 2.75) is 12.1 Å². The number of aromatic carboxylic acids is 1. The molecule has 0 aliphatic carbocycles. The summed E-state index contributed by atoms with van der Waals surface area (Å²) in [6.45, 7) is 2.47. The number of aromatic nitrogens is 2. The third kappa shape index (κ3) is 4.50. The van der Waals surface area contributed by atoms with Crippen LogP contribution in [0.4, 0.5) is 5.69 Å². The number of H-pyrrole nitrogens is 1. The van der Waals surface area contributed by atoms with Gasteiger partial charge in [-0.15, -0.1) is 0 Å². The van der Waals surface area contributed by atoms with Gasteiger partial charge in [0.15, 0.2) is 5.16 Å². The lowest BCUT2D eigenvalue weighted by molar-refractivity contribution is -0.268. The van der Waals surface area contributed by atoms with Crippen molar-refractivity contribution < 1.29 is 24.5 Å². The Hall–Kier alpha value is -3.20. The van der Waals surface area contributed by atoms with Crippen molar-refractivity contribution in [3.63, 3.8) is 0 Å². The van der Waals surface area contributed by atoms with E-state index in [1.165, 1.54) is 17.8 Å². The molecule has 8 nitrogen and oxygen atoms in total. The highest BCUT2D eigenvalue weighted by Gasteiger charge is 2.10. The first-order valence-corrected chi connectivity index (χ1v) is 9.04. The molecule has 0 atom stereocenters. The second-order valence-electron chi connectivity index (χ2n) is 5.51. The van der Waals surface area contributed by atoms with Crippen LogP contribution in [-0.2, 0) is 4.79 Å². The Morgan fingerprint density at radius 1 is 1.30 bits per heavy atom. The number of thioether (sulfide) groups is 1. The van der Waals surface area contributed by atoms with Crippen molar-refractivity contribution in [1.29, 1.82) is 0 Å². The number of nitrogens with one attached hydrogen (secondary N) is 2. The van der Waals surface area contributed by atoms with Crippen LogP contribution in [-0.4, -0.2) is 39.3 Å². The molecule has 0 saturated carbocycles. The summed E-state index contributed by atoms with van der Waals surface area (Å²) >= 11 is 1.21. The van der Waals surface area contributed by atoms with Gasteiger partial charge in [0.05, 0.1) is 29.0 Å². The highest BCUT2D eigenvalue weighted by atomic mass is 32.2. The lowest BCUT2D eigenvalue weighted by atomic mass is 10.2. The van der Waals surface area contributed by atoms with Crippen molar-refractivity contribution >= 4 is 40.4 Å². The number of amides is 1. The molecule has 0 aliphatic rings. The maximum absolute atomic E-state index is 12.1. The van der Waals surface area contributed by atoms with Gasteiger partial charge in [0.2, 0.25) is 5.91 Å². The molecule has 0 fully saturated rings. The molecule has 3 aromatic rings. The van der Waals surface area contributed by atoms with Gasteiger partial charge in [0, 0.05) is 11.8 Å². The molecule has 1 aromatic heterocycles. The Morgan fingerprint density at radius 3 is 2.85 bits per heavy atom. The summed E-state index contributed by atoms with van der Waals surface area (Å²) < 4.78 is 5.44. The number of benzene rings is 2. The quantitative estimate of drug-likeness (QED) is 0.532. The minimum atomic E-state index is -1.33. The Morgan fingerprint density at radius 2 is 2.11 bits per heavy atom. The number of hydrogen-bond acceptors (Lipinski definition) is 6. The van der Waals surface area contributed by atoms with Gasteiger partial charge in [0.1, 0.15) is 5.75 Å². The van der Waals surface area contributed by atoms with Crippen LogP contribution >= 0.6 is 11.8 Å². The first kappa shape index (κ1) is 18.6. The Bertz CT molecular complexity index is 1000. The predicted molar refractivity (Wildman–Crippen MR) is 99.5 cm³/mol. The minimum Gasteiger partial charge on any atom is -0.872 e. The van der Waals surface area contributed by atoms with E-state index in [1.54, 1.807) is 0 Å². The number of ether oxygens (including phenoxy) is 1.